The van der Waals surface area contributed by atoms with Crippen LogP contribution in [0.15, 0.2) is 4.99 Å². The summed E-state index contributed by atoms with van der Waals surface area (Å²) in [5, 5.41) is 8.93. The van der Waals surface area contributed by atoms with Crippen molar-refractivity contribution in [2.75, 3.05) is 20.2 Å². The highest BCUT2D eigenvalue weighted by Crippen LogP contribution is 2.15. The van der Waals surface area contributed by atoms with Crippen LogP contribution >= 0.6 is 0 Å². The summed E-state index contributed by atoms with van der Waals surface area (Å²) in [5.74, 6) is 0.543. The van der Waals surface area contributed by atoms with E-state index in [2.05, 4.69) is 4.99 Å². The molecular formula is C7H15N3O. The maximum atomic E-state index is 8.93. The lowest BCUT2D eigenvalue weighted by molar-refractivity contribution is 0.207. The van der Waals surface area contributed by atoms with Crippen molar-refractivity contribution in [3.05, 3.63) is 0 Å². The van der Waals surface area contributed by atoms with Gasteiger partial charge in [-0.1, -0.05) is 0 Å². The van der Waals surface area contributed by atoms with Crippen LogP contribution in [0.1, 0.15) is 12.8 Å². The predicted molar refractivity (Wildman–Crippen MR) is 44.4 cm³/mol. The molecule has 4 heteroatoms. The van der Waals surface area contributed by atoms with Crippen molar-refractivity contribution in [3.8, 4) is 0 Å². The fraction of sp³-hybridized carbons (Fsp3) is 0.857. The third kappa shape index (κ3) is 1.63. The average molecular weight is 157 g/mol. The third-order valence-electron chi connectivity index (χ3n) is 2.11. The number of aliphatic imine (C=N–C) groups is 1. The van der Waals surface area contributed by atoms with Gasteiger partial charge in [-0.25, -0.2) is 0 Å². The van der Waals surface area contributed by atoms with Crippen molar-refractivity contribution >= 4 is 5.96 Å². The second-order valence-corrected chi connectivity index (χ2v) is 2.75. The number of hydrogen-bond donors (Lipinski definition) is 2. The molecule has 0 aromatic carbocycles. The molecule has 1 rings (SSSR count). The minimum atomic E-state index is 0.177. The second kappa shape index (κ2) is 3.57. The van der Waals surface area contributed by atoms with Crippen LogP contribution in [0.5, 0.6) is 0 Å². The standard InChI is InChI=1S/C7H15N3O/c1-9-7(8)10-4-2-3-6(10)5-11/h6,11H,2-5H2,1H3,(H2,8,9)/t6-/m0/s1. The number of nitrogens with two attached hydrogens (primary N) is 1. The Kier molecular flexibility index (Phi) is 2.70. The molecular weight excluding hydrogens is 142 g/mol. The Bertz CT molecular complexity index is 158. The molecule has 1 saturated heterocycles. The van der Waals surface area contributed by atoms with E-state index in [0.29, 0.717) is 5.96 Å². The number of rotatable bonds is 1. The van der Waals surface area contributed by atoms with E-state index in [-0.39, 0.29) is 12.6 Å². The Labute approximate surface area is 66.7 Å². The number of nitrogens with zero attached hydrogens (tertiary/aromatic N) is 2. The summed E-state index contributed by atoms with van der Waals surface area (Å²) in [4.78, 5) is 5.84. The zero-order chi connectivity index (χ0) is 8.27. The van der Waals surface area contributed by atoms with Crippen LogP contribution in [-0.2, 0) is 0 Å². The smallest absolute Gasteiger partial charge is 0.191 e. The second-order valence-electron chi connectivity index (χ2n) is 2.75. The number of aliphatic hydroxyl groups is 1. The lowest BCUT2D eigenvalue weighted by Crippen LogP contribution is -2.42. The van der Waals surface area contributed by atoms with Crippen LogP contribution in [0.4, 0.5) is 0 Å². The molecule has 1 aliphatic rings. The van der Waals surface area contributed by atoms with Gasteiger partial charge >= 0.3 is 0 Å². The first-order valence-electron chi connectivity index (χ1n) is 3.89. The molecule has 1 fully saturated rings. The first-order valence-corrected chi connectivity index (χ1v) is 3.89. The van der Waals surface area contributed by atoms with Crippen LogP contribution in [0.3, 0.4) is 0 Å². The summed E-state index contributed by atoms with van der Waals surface area (Å²) in [7, 11) is 1.67. The first kappa shape index (κ1) is 8.33. The number of likely N-dealkylation sites (tertiary alicyclic amines) is 1. The molecule has 4 nitrogen and oxygen atoms in total. The molecule has 1 heterocycles. The van der Waals surface area contributed by atoms with E-state index in [1.165, 1.54) is 0 Å². The molecule has 0 aromatic heterocycles. The van der Waals surface area contributed by atoms with E-state index < -0.39 is 0 Å². The fourth-order valence-corrected chi connectivity index (χ4v) is 1.46. The van der Waals surface area contributed by atoms with Gasteiger partial charge in [0.1, 0.15) is 0 Å². The number of aliphatic hydroxyl groups excluding tert-OH is 1. The van der Waals surface area contributed by atoms with E-state index in [0.717, 1.165) is 19.4 Å². The van der Waals surface area contributed by atoms with Crippen LogP contribution in [0.2, 0.25) is 0 Å². The average Bonchev–Trinajstić information content (AvgIpc) is 2.50. The van der Waals surface area contributed by atoms with Gasteiger partial charge in [0.15, 0.2) is 5.96 Å². The van der Waals surface area contributed by atoms with Crippen molar-refractivity contribution in [1.82, 2.24) is 4.90 Å². The molecule has 1 atom stereocenters. The van der Waals surface area contributed by atoms with Crippen LogP contribution < -0.4 is 5.73 Å². The maximum absolute atomic E-state index is 8.93. The summed E-state index contributed by atoms with van der Waals surface area (Å²) in [6.45, 7) is 1.10. The van der Waals surface area contributed by atoms with Gasteiger partial charge in [-0.05, 0) is 12.8 Å². The topological polar surface area (TPSA) is 61.8 Å². The first-order chi connectivity index (χ1) is 5.29. The van der Waals surface area contributed by atoms with Gasteiger partial charge < -0.3 is 15.7 Å². The normalized spacial score (nSPS) is 26.2. The Balaban J connectivity index is 2.56. The zero-order valence-corrected chi connectivity index (χ0v) is 6.82. The van der Waals surface area contributed by atoms with Gasteiger partial charge in [0.2, 0.25) is 0 Å². The van der Waals surface area contributed by atoms with Gasteiger partial charge in [0.25, 0.3) is 0 Å². The molecule has 0 aliphatic carbocycles. The van der Waals surface area contributed by atoms with E-state index in [1.807, 2.05) is 4.90 Å². The largest absolute Gasteiger partial charge is 0.394 e. The minimum Gasteiger partial charge on any atom is -0.394 e. The molecule has 0 bridgehead atoms. The lowest BCUT2D eigenvalue weighted by Gasteiger charge is -2.23. The Morgan fingerprint density at radius 3 is 3.09 bits per heavy atom. The van der Waals surface area contributed by atoms with Crippen LogP contribution in [0.25, 0.3) is 0 Å². The summed E-state index contributed by atoms with van der Waals surface area (Å²) >= 11 is 0. The molecule has 11 heavy (non-hydrogen) atoms. The number of hydrogen-bond acceptors (Lipinski definition) is 2. The molecule has 0 saturated carbocycles. The quantitative estimate of drug-likeness (QED) is 0.394. The van der Waals surface area contributed by atoms with Gasteiger partial charge in [0, 0.05) is 13.6 Å². The SMILES string of the molecule is CN=C(N)N1CCC[C@H]1CO. The predicted octanol–water partition coefficient (Wildman–Crippen LogP) is -0.612. The molecule has 0 unspecified atom stereocenters. The molecule has 1 aliphatic heterocycles. The summed E-state index contributed by atoms with van der Waals surface area (Å²) in [6, 6.07) is 0.193. The Hall–Kier alpha value is -0.770. The zero-order valence-electron chi connectivity index (χ0n) is 6.82. The van der Waals surface area contributed by atoms with Crippen molar-refractivity contribution in [2.24, 2.45) is 10.7 Å². The lowest BCUT2D eigenvalue weighted by atomic mass is 10.2. The molecule has 64 valence electrons. The van der Waals surface area contributed by atoms with Crippen LogP contribution in [0, 0.1) is 0 Å². The van der Waals surface area contributed by atoms with Crippen molar-refractivity contribution in [2.45, 2.75) is 18.9 Å². The molecule has 0 aromatic rings. The van der Waals surface area contributed by atoms with E-state index in [9.17, 15) is 0 Å². The highest BCUT2D eigenvalue weighted by Gasteiger charge is 2.24. The van der Waals surface area contributed by atoms with Gasteiger partial charge in [-0.2, -0.15) is 0 Å². The van der Waals surface area contributed by atoms with Gasteiger partial charge in [-0.3, -0.25) is 4.99 Å². The number of guanidine groups is 1. The summed E-state index contributed by atoms with van der Waals surface area (Å²) < 4.78 is 0. The summed E-state index contributed by atoms with van der Waals surface area (Å²) in [5.41, 5.74) is 5.61. The molecule has 0 amide bonds. The van der Waals surface area contributed by atoms with Crippen molar-refractivity contribution < 1.29 is 5.11 Å². The fourth-order valence-electron chi connectivity index (χ4n) is 1.46. The maximum Gasteiger partial charge on any atom is 0.191 e. The van der Waals surface area contributed by atoms with E-state index in [4.69, 9.17) is 10.8 Å². The van der Waals surface area contributed by atoms with E-state index in [1.54, 1.807) is 7.05 Å². The van der Waals surface area contributed by atoms with Gasteiger partial charge in [0.05, 0.1) is 12.6 Å². The Morgan fingerprint density at radius 1 is 1.82 bits per heavy atom. The molecule has 0 radical (unpaired) electrons. The minimum absolute atomic E-state index is 0.177. The van der Waals surface area contributed by atoms with Crippen molar-refractivity contribution in [3.63, 3.8) is 0 Å². The van der Waals surface area contributed by atoms with Crippen molar-refractivity contribution in [1.29, 1.82) is 0 Å². The van der Waals surface area contributed by atoms with E-state index >= 15 is 0 Å². The Morgan fingerprint density at radius 2 is 2.55 bits per heavy atom. The third-order valence-corrected chi connectivity index (χ3v) is 2.11. The molecule has 0 spiro atoms. The monoisotopic (exact) mass is 157 g/mol. The highest BCUT2D eigenvalue weighted by molar-refractivity contribution is 5.78. The highest BCUT2D eigenvalue weighted by atomic mass is 16.3. The van der Waals surface area contributed by atoms with Crippen LogP contribution in [-0.4, -0.2) is 42.2 Å². The van der Waals surface area contributed by atoms with Gasteiger partial charge in [-0.15, -0.1) is 0 Å². The summed E-state index contributed by atoms with van der Waals surface area (Å²) in [6.07, 6.45) is 2.12. The molecule has 3 N–H and O–H groups in total.